The number of nitrogens with two attached hydrogens (primary N) is 1. The average molecular weight is 111 g/mol. The topological polar surface area (TPSA) is 67.8 Å². The number of hydrogen-bond donors (Lipinski definition) is 1. The molecule has 1 aliphatic heterocycles. The van der Waals surface area contributed by atoms with Crippen molar-refractivity contribution in [2.24, 2.45) is 16.0 Å². The molecule has 1 aliphatic rings. The third-order valence-electron chi connectivity index (χ3n) is 0.797. The van der Waals surface area contributed by atoms with Gasteiger partial charge in [0.25, 0.3) is 5.91 Å². The van der Waals surface area contributed by atoms with E-state index in [-0.39, 0.29) is 5.70 Å². The van der Waals surface area contributed by atoms with Gasteiger partial charge in [0.2, 0.25) is 0 Å². The molecule has 8 heavy (non-hydrogen) atoms. The molecule has 1 heterocycles. The van der Waals surface area contributed by atoms with Gasteiger partial charge in [-0.25, -0.2) is 0 Å². The first-order valence-corrected chi connectivity index (χ1v) is 2.18. The molecule has 4 heteroatoms. The van der Waals surface area contributed by atoms with Gasteiger partial charge in [0.1, 0.15) is 5.70 Å². The van der Waals surface area contributed by atoms with Crippen molar-refractivity contribution < 1.29 is 4.79 Å². The number of carbonyl (C=O) groups excluding carboxylic acids is 1. The second-order valence-electron chi connectivity index (χ2n) is 1.38. The van der Waals surface area contributed by atoms with Crippen LogP contribution in [0.1, 0.15) is 0 Å². The SMILES string of the molecule is NC(=O)C1=CCN=N1. The minimum Gasteiger partial charge on any atom is -0.364 e. The highest BCUT2D eigenvalue weighted by molar-refractivity contribution is 5.91. The molecular weight excluding hydrogens is 106 g/mol. The van der Waals surface area contributed by atoms with Crippen molar-refractivity contribution in [3.63, 3.8) is 0 Å². The standard InChI is InChI=1S/C4H5N3O/c5-4(8)3-1-2-6-7-3/h1H,2H2,(H2,5,8). The van der Waals surface area contributed by atoms with Crippen LogP contribution in [-0.4, -0.2) is 12.5 Å². The van der Waals surface area contributed by atoms with Gasteiger partial charge in [0.15, 0.2) is 0 Å². The molecule has 0 radical (unpaired) electrons. The maximum atomic E-state index is 10.2. The Balaban J connectivity index is 2.72. The molecule has 1 amide bonds. The summed E-state index contributed by atoms with van der Waals surface area (Å²) in [4.78, 5) is 10.2. The summed E-state index contributed by atoms with van der Waals surface area (Å²) in [6.07, 6.45) is 1.59. The van der Waals surface area contributed by atoms with E-state index in [1.807, 2.05) is 0 Å². The molecule has 0 atom stereocenters. The van der Waals surface area contributed by atoms with Crippen LogP contribution in [0.2, 0.25) is 0 Å². The molecule has 0 bridgehead atoms. The van der Waals surface area contributed by atoms with Crippen molar-refractivity contribution in [2.75, 3.05) is 6.54 Å². The van der Waals surface area contributed by atoms with E-state index in [0.717, 1.165) is 0 Å². The summed E-state index contributed by atoms with van der Waals surface area (Å²) in [6.45, 7) is 0.484. The van der Waals surface area contributed by atoms with E-state index >= 15 is 0 Å². The molecule has 0 unspecified atom stereocenters. The first-order chi connectivity index (χ1) is 3.80. The van der Waals surface area contributed by atoms with E-state index in [4.69, 9.17) is 5.73 Å². The Bertz CT molecular complexity index is 170. The van der Waals surface area contributed by atoms with E-state index < -0.39 is 5.91 Å². The summed E-state index contributed by atoms with van der Waals surface area (Å²) in [5.74, 6) is -0.508. The maximum absolute atomic E-state index is 10.2. The van der Waals surface area contributed by atoms with Gasteiger partial charge in [-0.3, -0.25) is 4.79 Å². The van der Waals surface area contributed by atoms with E-state index in [1.165, 1.54) is 0 Å². The molecule has 0 saturated carbocycles. The predicted octanol–water partition coefficient (Wildman–Crippen LogP) is -0.179. The second-order valence-corrected chi connectivity index (χ2v) is 1.38. The Hall–Kier alpha value is -1.19. The Labute approximate surface area is 46.1 Å². The lowest BCUT2D eigenvalue weighted by Gasteiger charge is -1.81. The van der Waals surface area contributed by atoms with Crippen molar-refractivity contribution in [1.82, 2.24) is 0 Å². The van der Waals surface area contributed by atoms with Crippen molar-refractivity contribution in [3.8, 4) is 0 Å². The molecule has 0 aliphatic carbocycles. The van der Waals surface area contributed by atoms with Crippen molar-refractivity contribution in [1.29, 1.82) is 0 Å². The van der Waals surface area contributed by atoms with Crippen molar-refractivity contribution in [2.45, 2.75) is 0 Å². The normalized spacial score (nSPS) is 16.2. The Morgan fingerprint density at radius 2 is 2.62 bits per heavy atom. The van der Waals surface area contributed by atoms with Gasteiger partial charge >= 0.3 is 0 Å². The highest BCUT2D eigenvalue weighted by Crippen LogP contribution is 2.02. The fourth-order valence-electron chi connectivity index (χ4n) is 0.435. The Kier molecular flexibility index (Phi) is 1.07. The van der Waals surface area contributed by atoms with Crippen LogP contribution in [0.5, 0.6) is 0 Å². The molecule has 0 spiro atoms. The van der Waals surface area contributed by atoms with E-state index in [0.29, 0.717) is 6.54 Å². The van der Waals surface area contributed by atoms with Gasteiger partial charge in [-0.15, -0.1) is 0 Å². The zero-order valence-corrected chi connectivity index (χ0v) is 4.16. The predicted molar refractivity (Wildman–Crippen MR) is 27.0 cm³/mol. The summed E-state index contributed by atoms with van der Waals surface area (Å²) in [5.41, 5.74) is 5.11. The van der Waals surface area contributed by atoms with Gasteiger partial charge < -0.3 is 5.73 Å². The fraction of sp³-hybridized carbons (Fsp3) is 0.250. The largest absolute Gasteiger partial charge is 0.364 e. The summed E-state index contributed by atoms with van der Waals surface area (Å²) in [6, 6.07) is 0. The van der Waals surface area contributed by atoms with Crippen LogP contribution in [0.15, 0.2) is 22.0 Å². The first kappa shape index (κ1) is 4.96. The quantitative estimate of drug-likeness (QED) is 0.501. The molecule has 0 aromatic rings. The summed E-state index contributed by atoms with van der Waals surface area (Å²) >= 11 is 0. The number of rotatable bonds is 1. The van der Waals surface area contributed by atoms with E-state index in [1.54, 1.807) is 6.08 Å². The second kappa shape index (κ2) is 1.73. The fourth-order valence-corrected chi connectivity index (χ4v) is 0.435. The number of carbonyl (C=O) groups is 1. The highest BCUT2D eigenvalue weighted by atomic mass is 16.1. The monoisotopic (exact) mass is 111 g/mol. The lowest BCUT2D eigenvalue weighted by molar-refractivity contribution is -0.114. The number of primary amides is 1. The molecule has 42 valence electrons. The van der Waals surface area contributed by atoms with Crippen LogP contribution in [0.3, 0.4) is 0 Å². The van der Waals surface area contributed by atoms with Crippen LogP contribution in [0, 0.1) is 0 Å². The van der Waals surface area contributed by atoms with Gasteiger partial charge in [-0.05, 0) is 6.08 Å². The first-order valence-electron chi connectivity index (χ1n) is 2.18. The van der Waals surface area contributed by atoms with Crippen LogP contribution in [-0.2, 0) is 4.79 Å². The molecule has 2 N–H and O–H groups in total. The minimum atomic E-state index is -0.508. The van der Waals surface area contributed by atoms with Crippen molar-refractivity contribution >= 4 is 5.91 Å². The highest BCUT2D eigenvalue weighted by Gasteiger charge is 2.04. The zero-order chi connectivity index (χ0) is 5.98. The lowest BCUT2D eigenvalue weighted by Crippen LogP contribution is -2.11. The number of hydrogen-bond acceptors (Lipinski definition) is 3. The maximum Gasteiger partial charge on any atom is 0.268 e. The van der Waals surface area contributed by atoms with E-state index in [2.05, 4.69) is 10.2 Å². The Morgan fingerprint density at radius 1 is 1.88 bits per heavy atom. The van der Waals surface area contributed by atoms with Crippen LogP contribution < -0.4 is 5.73 Å². The van der Waals surface area contributed by atoms with Gasteiger partial charge in [0.05, 0.1) is 6.54 Å². The number of amides is 1. The number of azo groups is 1. The van der Waals surface area contributed by atoms with Crippen LogP contribution in [0.4, 0.5) is 0 Å². The lowest BCUT2D eigenvalue weighted by atomic mass is 10.4. The molecule has 4 nitrogen and oxygen atoms in total. The summed E-state index contributed by atoms with van der Waals surface area (Å²) < 4.78 is 0. The van der Waals surface area contributed by atoms with Crippen molar-refractivity contribution in [3.05, 3.63) is 11.8 Å². The van der Waals surface area contributed by atoms with Gasteiger partial charge in [-0.1, -0.05) is 0 Å². The third-order valence-corrected chi connectivity index (χ3v) is 0.797. The minimum absolute atomic E-state index is 0.269. The van der Waals surface area contributed by atoms with Gasteiger partial charge in [0, 0.05) is 0 Å². The molecule has 1 rings (SSSR count). The molecule has 0 saturated heterocycles. The summed E-state index contributed by atoms with van der Waals surface area (Å²) in [5, 5.41) is 6.96. The molecule has 0 fully saturated rings. The zero-order valence-electron chi connectivity index (χ0n) is 4.16. The third kappa shape index (κ3) is 0.726. The molecular formula is C4H5N3O. The molecule has 0 aromatic heterocycles. The van der Waals surface area contributed by atoms with Gasteiger partial charge in [-0.2, -0.15) is 10.2 Å². The Morgan fingerprint density at radius 3 is 2.88 bits per heavy atom. The number of nitrogens with zero attached hydrogens (tertiary/aromatic N) is 2. The van der Waals surface area contributed by atoms with Crippen LogP contribution >= 0.6 is 0 Å². The van der Waals surface area contributed by atoms with Crippen LogP contribution in [0.25, 0.3) is 0 Å². The average Bonchev–Trinajstić information content (AvgIpc) is 2.12. The molecule has 0 aromatic carbocycles. The van der Waals surface area contributed by atoms with E-state index in [9.17, 15) is 4.79 Å². The summed E-state index contributed by atoms with van der Waals surface area (Å²) in [7, 11) is 0. The smallest absolute Gasteiger partial charge is 0.268 e.